The third-order valence-corrected chi connectivity index (χ3v) is 5.23. The smallest absolute Gasteiger partial charge is 0.457 e. The van der Waals surface area contributed by atoms with Crippen LogP contribution in [0.3, 0.4) is 0 Å². The number of hydrogen-bond acceptors (Lipinski definition) is 2. The molecule has 0 fully saturated rings. The van der Waals surface area contributed by atoms with Crippen LogP contribution in [-0.2, 0) is 18.8 Å². The average Bonchev–Trinajstić information content (AvgIpc) is 2.67. The highest BCUT2D eigenvalue weighted by molar-refractivity contribution is 5.60. The molecule has 2 aliphatic heterocycles. The van der Waals surface area contributed by atoms with Crippen molar-refractivity contribution in [1.29, 1.82) is 0 Å². The molecule has 2 aliphatic rings. The lowest BCUT2D eigenvalue weighted by molar-refractivity contribution is -0.289. The van der Waals surface area contributed by atoms with Gasteiger partial charge in [0.25, 0.3) is 0 Å². The van der Waals surface area contributed by atoms with Gasteiger partial charge in [-0.05, 0) is 34.9 Å². The highest BCUT2D eigenvalue weighted by Gasteiger charge is 2.59. The molecule has 0 amide bonds. The van der Waals surface area contributed by atoms with E-state index < -0.39 is 17.7 Å². The minimum Gasteiger partial charge on any atom is -0.457 e. The molecule has 0 radical (unpaired) electrons. The first-order chi connectivity index (χ1) is 13.7. The summed E-state index contributed by atoms with van der Waals surface area (Å²) in [4.78, 5) is 0. The number of alkyl halides is 5. The molecule has 29 heavy (non-hydrogen) atoms. The molecule has 0 aromatic heterocycles. The van der Waals surface area contributed by atoms with Gasteiger partial charge in [-0.25, -0.2) is 0 Å². The summed E-state index contributed by atoms with van der Waals surface area (Å²) in [5, 5.41) is 0. The molecule has 0 atom stereocenters. The quantitative estimate of drug-likeness (QED) is 0.288. The van der Waals surface area contributed by atoms with Crippen molar-refractivity contribution < 1.29 is 31.4 Å². The predicted octanol–water partition coefficient (Wildman–Crippen LogP) is 6.73. The molecular formula is C22H13F5O2. The summed E-state index contributed by atoms with van der Waals surface area (Å²) in [5.74, 6) is -3.26. The SMILES string of the molecule is FC(F)(F)C(F)(F)c1cccc2c1Cc1cc3c(cc1O2)Oc1ccccc1C3. The molecule has 0 aliphatic carbocycles. The Kier molecular flexibility index (Phi) is 3.69. The van der Waals surface area contributed by atoms with Gasteiger partial charge in [0.15, 0.2) is 0 Å². The number of hydrogen-bond donors (Lipinski definition) is 0. The second-order valence-electron chi connectivity index (χ2n) is 7.09. The zero-order valence-electron chi connectivity index (χ0n) is 14.8. The van der Waals surface area contributed by atoms with E-state index in [0.29, 0.717) is 23.5 Å². The van der Waals surface area contributed by atoms with Crippen LogP contribution >= 0.6 is 0 Å². The Hall–Kier alpha value is -3.09. The van der Waals surface area contributed by atoms with Crippen molar-refractivity contribution in [3.63, 3.8) is 0 Å². The van der Waals surface area contributed by atoms with Gasteiger partial charge in [-0.2, -0.15) is 22.0 Å². The van der Waals surface area contributed by atoms with Crippen LogP contribution in [0.5, 0.6) is 23.0 Å². The third kappa shape index (κ3) is 2.75. The van der Waals surface area contributed by atoms with E-state index in [2.05, 4.69) is 0 Å². The first-order valence-corrected chi connectivity index (χ1v) is 8.90. The van der Waals surface area contributed by atoms with Crippen molar-refractivity contribution in [2.45, 2.75) is 24.9 Å². The van der Waals surface area contributed by atoms with E-state index in [4.69, 9.17) is 9.47 Å². The summed E-state index contributed by atoms with van der Waals surface area (Å²) in [6.07, 6.45) is -5.19. The Labute approximate surface area is 162 Å². The summed E-state index contributed by atoms with van der Waals surface area (Å²) >= 11 is 0. The molecule has 148 valence electrons. The van der Waals surface area contributed by atoms with Gasteiger partial charge in [-0.1, -0.05) is 30.3 Å². The molecular weight excluding hydrogens is 391 g/mol. The van der Waals surface area contributed by atoms with E-state index >= 15 is 0 Å². The van der Waals surface area contributed by atoms with Crippen LogP contribution in [0.2, 0.25) is 0 Å². The van der Waals surface area contributed by atoms with Crippen LogP contribution in [0.1, 0.15) is 27.8 Å². The second kappa shape index (κ2) is 5.95. The van der Waals surface area contributed by atoms with Crippen LogP contribution < -0.4 is 9.47 Å². The Morgan fingerprint density at radius 3 is 2.03 bits per heavy atom. The van der Waals surface area contributed by atoms with Gasteiger partial charge in [0, 0.05) is 30.0 Å². The predicted molar refractivity (Wildman–Crippen MR) is 95.0 cm³/mol. The Morgan fingerprint density at radius 2 is 1.28 bits per heavy atom. The molecule has 0 unspecified atom stereocenters. The summed E-state index contributed by atoms with van der Waals surface area (Å²) in [5.41, 5.74) is 1.12. The third-order valence-electron chi connectivity index (χ3n) is 5.23. The highest BCUT2D eigenvalue weighted by atomic mass is 19.4. The number of fused-ring (bicyclic) bond motifs is 4. The summed E-state index contributed by atoms with van der Waals surface area (Å²) in [6, 6.07) is 14.3. The average molecular weight is 404 g/mol. The van der Waals surface area contributed by atoms with E-state index in [-0.39, 0.29) is 17.7 Å². The zero-order chi connectivity index (χ0) is 20.4. The number of para-hydroxylation sites is 1. The maximum Gasteiger partial charge on any atom is 0.458 e. The van der Waals surface area contributed by atoms with Gasteiger partial charge in [0.1, 0.15) is 23.0 Å². The maximum atomic E-state index is 14.1. The van der Waals surface area contributed by atoms with Crippen molar-refractivity contribution in [2.75, 3.05) is 0 Å². The molecule has 0 spiro atoms. The van der Waals surface area contributed by atoms with Gasteiger partial charge < -0.3 is 9.47 Å². The van der Waals surface area contributed by atoms with E-state index in [0.717, 1.165) is 29.0 Å². The van der Waals surface area contributed by atoms with Crippen molar-refractivity contribution in [3.8, 4) is 23.0 Å². The van der Waals surface area contributed by atoms with Crippen LogP contribution in [0.25, 0.3) is 0 Å². The van der Waals surface area contributed by atoms with E-state index in [9.17, 15) is 22.0 Å². The Balaban J connectivity index is 1.57. The first-order valence-electron chi connectivity index (χ1n) is 8.90. The molecule has 0 bridgehead atoms. The largest absolute Gasteiger partial charge is 0.458 e. The van der Waals surface area contributed by atoms with Gasteiger partial charge in [-0.3, -0.25) is 0 Å². The number of halogens is 5. The van der Waals surface area contributed by atoms with Crippen LogP contribution in [0.15, 0.2) is 54.6 Å². The van der Waals surface area contributed by atoms with Gasteiger partial charge in [-0.15, -0.1) is 0 Å². The minimum absolute atomic E-state index is 0.00455. The second-order valence-corrected chi connectivity index (χ2v) is 7.09. The van der Waals surface area contributed by atoms with Crippen molar-refractivity contribution in [1.82, 2.24) is 0 Å². The number of ether oxygens (including phenoxy) is 2. The monoisotopic (exact) mass is 404 g/mol. The minimum atomic E-state index is -5.68. The van der Waals surface area contributed by atoms with E-state index in [1.54, 1.807) is 12.1 Å². The molecule has 0 saturated heterocycles. The molecule has 2 heterocycles. The highest BCUT2D eigenvalue weighted by Crippen LogP contribution is 2.50. The van der Waals surface area contributed by atoms with Gasteiger partial charge in [0.2, 0.25) is 0 Å². The van der Waals surface area contributed by atoms with Crippen molar-refractivity contribution >= 4 is 0 Å². The van der Waals surface area contributed by atoms with Crippen molar-refractivity contribution in [2.24, 2.45) is 0 Å². The topological polar surface area (TPSA) is 18.5 Å². The first kappa shape index (κ1) is 18.0. The molecule has 3 aromatic rings. The Bertz CT molecular complexity index is 1130. The molecule has 0 N–H and O–H groups in total. The lowest BCUT2D eigenvalue weighted by Crippen LogP contribution is -2.35. The fraction of sp³-hybridized carbons (Fsp3) is 0.182. The summed E-state index contributed by atoms with van der Waals surface area (Å²) in [7, 11) is 0. The summed E-state index contributed by atoms with van der Waals surface area (Å²) in [6.45, 7) is 0. The molecule has 2 nitrogen and oxygen atoms in total. The van der Waals surface area contributed by atoms with Crippen molar-refractivity contribution in [3.05, 3.63) is 82.4 Å². The standard InChI is InChI=1S/C22H13F5O2/c23-21(24,22(25,26)27)16-5-3-7-18-15(16)10-14-9-13-8-12-4-1-2-6-17(12)28-19(13)11-20(14)29-18/h1-7,9,11H,8,10H2. The lowest BCUT2D eigenvalue weighted by atomic mass is 9.90. The Morgan fingerprint density at radius 1 is 0.621 bits per heavy atom. The number of benzene rings is 3. The van der Waals surface area contributed by atoms with E-state index in [1.165, 1.54) is 6.07 Å². The molecule has 3 aromatic carbocycles. The normalized spacial score (nSPS) is 14.7. The van der Waals surface area contributed by atoms with Crippen LogP contribution in [0.4, 0.5) is 22.0 Å². The summed E-state index contributed by atoms with van der Waals surface area (Å²) < 4.78 is 78.6. The lowest BCUT2D eigenvalue weighted by Gasteiger charge is -2.29. The number of rotatable bonds is 1. The zero-order valence-corrected chi connectivity index (χ0v) is 14.8. The van der Waals surface area contributed by atoms with Gasteiger partial charge >= 0.3 is 12.1 Å². The van der Waals surface area contributed by atoms with Crippen LogP contribution in [0, 0.1) is 0 Å². The fourth-order valence-corrected chi connectivity index (χ4v) is 3.80. The molecule has 5 rings (SSSR count). The van der Waals surface area contributed by atoms with E-state index in [1.807, 2.05) is 24.3 Å². The molecule has 0 saturated carbocycles. The molecule has 7 heteroatoms. The maximum absolute atomic E-state index is 14.1. The van der Waals surface area contributed by atoms with Crippen LogP contribution in [-0.4, -0.2) is 6.18 Å². The fourth-order valence-electron chi connectivity index (χ4n) is 3.80. The van der Waals surface area contributed by atoms with Gasteiger partial charge in [0.05, 0.1) is 0 Å².